The van der Waals surface area contributed by atoms with Crippen LogP contribution in [0.25, 0.3) is 0 Å². The van der Waals surface area contributed by atoms with Crippen molar-refractivity contribution < 1.29 is 33.3 Å². The SMILES string of the molecule is CCOC(=O)c1[nH]cc(C)c1NCc1cccc2c1C(N(C(=O)OC(C)(C)C)C(=O)OC(C)(C)C)CCO2. The van der Waals surface area contributed by atoms with Crippen molar-refractivity contribution in [3.63, 3.8) is 0 Å². The van der Waals surface area contributed by atoms with Crippen LogP contribution in [0.1, 0.15) is 88.1 Å². The number of nitrogens with one attached hydrogen (secondary N) is 2. The van der Waals surface area contributed by atoms with E-state index < -0.39 is 35.4 Å². The average molecular weight is 530 g/mol. The number of nitrogens with zero attached hydrogens (tertiary/aromatic N) is 1. The molecule has 1 aliphatic rings. The fourth-order valence-corrected chi connectivity index (χ4v) is 4.18. The Bertz CT molecular complexity index is 1150. The molecule has 2 N–H and O–H groups in total. The highest BCUT2D eigenvalue weighted by Gasteiger charge is 2.41. The minimum atomic E-state index is -0.818. The first-order valence-corrected chi connectivity index (χ1v) is 12.8. The summed E-state index contributed by atoms with van der Waals surface area (Å²) in [7, 11) is 0. The van der Waals surface area contributed by atoms with Gasteiger partial charge in [0.15, 0.2) is 0 Å². The summed E-state index contributed by atoms with van der Waals surface area (Å²) in [5.41, 5.74) is 1.61. The molecule has 0 fully saturated rings. The van der Waals surface area contributed by atoms with E-state index in [1.807, 2.05) is 19.1 Å². The van der Waals surface area contributed by atoms with Gasteiger partial charge < -0.3 is 29.2 Å². The molecule has 1 atom stereocenters. The Hall–Kier alpha value is -3.69. The third-order valence-corrected chi connectivity index (χ3v) is 5.64. The van der Waals surface area contributed by atoms with Gasteiger partial charge in [0, 0.05) is 24.7 Å². The zero-order valence-electron chi connectivity index (χ0n) is 23.5. The van der Waals surface area contributed by atoms with Gasteiger partial charge in [0.25, 0.3) is 0 Å². The number of benzene rings is 1. The first-order chi connectivity index (χ1) is 17.7. The largest absolute Gasteiger partial charge is 0.493 e. The summed E-state index contributed by atoms with van der Waals surface area (Å²) in [6.45, 7) is 14.9. The summed E-state index contributed by atoms with van der Waals surface area (Å²) in [4.78, 5) is 43.2. The summed E-state index contributed by atoms with van der Waals surface area (Å²) in [6, 6.07) is 4.86. The normalized spacial score (nSPS) is 15.1. The first kappa shape index (κ1) is 28.9. The van der Waals surface area contributed by atoms with Crippen LogP contribution in [-0.2, 0) is 20.8 Å². The van der Waals surface area contributed by atoms with Crippen molar-refractivity contribution in [2.24, 2.45) is 0 Å². The van der Waals surface area contributed by atoms with Crippen molar-refractivity contribution in [3.8, 4) is 5.75 Å². The lowest BCUT2D eigenvalue weighted by molar-refractivity contribution is -0.0112. The smallest absolute Gasteiger partial charge is 0.420 e. The molecule has 2 amide bonds. The lowest BCUT2D eigenvalue weighted by Crippen LogP contribution is -2.46. The first-order valence-electron chi connectivity index (χ1n) is 12.8. The van der Waals surface area contributed by atoms with E-state index >= 15 is 0 Å². The number of carbonyl (C=O) groups is 3. The average Bonchev–Trinajstić information content (AvgIpc) is 3.16. The van der Waals surface area contributed by atoms with E-state index in [0.717, 1.165) is 16.0 Å². The number of fused-ring (bicyclic) bond motifs is 1. The number of H-pyrrole nitrogens is 1. The topological polar surface area (TPSA) is 119 Å². The van der Waals surface area contributed by atoms with E-state index in [0.29, 0.717) is 42.3 Å². The van der Waals surface area contributed by atoms with Crippen molar-refractivity contribution in [1.82, 2.24) is 9.88 Å². The number of aromatic nitrogens is 1. The highest BCUT2D eigenvalue weighted by Crippen LogP contribution is 2.40. The van der Waals surface area contributed by atoms with Crippen LogP contribution in [0.5, 0.6) is 5.75 Å². The minimum absolute atomic E-state index is 0.257. The lowest BCUT2D eigenvalue weighted by atomic mass is 9.94. The highest BCUT2D eigenvalue weighted by atomic mass is 16.6. The second kappa shape index (κ2) is 11.4. The predicted octanol–water partition coefficient (Wildman–Crippen LogP) is 6.11. The molecule has 2 aromatic rings. The molecule has 38 heavy (non-hydrogen) atoms. The number of carbonyl (C=O) groups excluding carboxylic acids is 3. The molecule has 3 rings (SSSR count). The molecule has 1 unspecified atom stereocenters. The monoisotopic (exact) mass is 529 g/mol. The lowest BCUT2D eigenvalue weighted by Gasteiger charge is -2.37. The molecule has 0 spiro atoms. The zero-order chi connectivity index (χ0) is 28.3. The van der Waals surface area contributed by atoms with Gasteiger partial charge in [-0.3, -0.25) is 0 Å². The van der Waals surface area contributed by atoms with Gasteiger partial charge >= 0.3 is 18.2 Å². The maximum absolute atomic E-state index is 13.4. The Morgan fingerprint density at radius 1 is 1.08 bits per heavy atom. The van der Waals surface area contributed by atoms with Crippen LogP contribution in [0.2, 0.25) is 0 Å². The molecule has 10 heteroatoms. The molecule has 208 valence electrons. The Morgan fingerprint density at radius 3 is 2.29 bits per heavy atom. The number of ether oxygens (including phenoxy) is 4. The van der Waals surface area contributed by atoms with Gasteiger partial charge in [-0.05, 0) is 72.6 Å². The minimum Gasteiger partial charge on any atom is -0.493 e. The van der Waals surface area contributed by atoms with Crippen LogP contribution in [0, 0.1) is 6.92 Å². The van der Waals surface area contributed by atoms with Crippen molar-refractivity contribution in [1.29, 1.82) is 0 Å². The fourth-order valence-electron chi connectivity index (χ4n) is 4.18. The Kier molecular flexibility index (Phi) is 8.64. The number of rotatable bonds is 6. The summed E-state index contributed by atoms with van der Waals surface area (Å²) in [5, 5.41) is 3.32. The van der Waals surface area contributed by atoms with E-state index in [2.05, 4.69) is 10.3 Å². The van der Waals surface area contributed by atoms with Crippen LogP contribution in [0.3, 0.4) is 0 Å². The fraction of sp³-hybridized carbons (Fsp3) is 0.536. The quantitative estimate of drug-likeness (QED) is 0.340. The molecular weight excluding hydrogens is 490 g/mol. The Morgan fingerprint density at radius 2 is 1.71 bits per heavy atom. The summed E-state index contributed by atoms with van der Waals surface area (Å²) >= 11 is 0. The van der Waals surface area contributed by atoms with E-state index in [9.17, 15) is 14.4 Å². The molecule has 0 aliphatic carbocycles. The number of aryl methyl sites for hydroxylation is 1. The van der Waals surface area contributed by atoms with Crippen LogP contribution in [0.15, 0.2) is 24.4 Å². The van der Waals surface area contributed by atoms with Crippen molar-refractivity contribution >= 4 is 23.8 Å². The summed E-state index contributed by atoms with van der Waals surface area (Å²) < 4.78 is 22.3. The van der Waals surface area contributed by atoms with Gasteiger partial charge in [-0.15, -0.1) is 0 Å². The second-order valence-corrected chi connectivity index (χ2v) is 11.1. The maximum atomic E-state index is 13.4. The van der Waals surface area contributed by atoms with Gasteiger partial charge in [0.1, 0.15) is 22.6 Å². The number of esters is 1. The van der Waals surface area contributed by atoms with Gasteiger partial charge in [0.2, 0.25) is 0 Å². The third-order valence-electron chi connectivity index (χ3n) is 5.64. The number of hydrogen-bond acceptors (Lipinski definition) is 8. The molecule has 10 nitrogen and oxygen atoms in total. The van der Waals surface area contributed by atoms with E-state index in [4.69, 9.17) is 18.9 Å². The molecule has 0 saturated carbocycles. The molecule has 0 bridgehead atoms. The van der Waals surface area contributed by atoms with Crippen LogP contribution >= 0.6 is 0 Å². The highest BCUT2D eigenvalue weighted by molar-refractivity contribution is 5.94. The van der Waals surface area contributed by atoms with E-state index in [-0.39, 0.29) is 6.61 Å². The Labute approximate surface area is 224 Å². The Balaban J connectivity index is 2.00. The third kappa shape index (κ3) is 6.99. The number of amides is 2. The molecule has 1 aromatic heterocycles. The maximum Gasteiger partial charge on any atom is 0.420 e. The van der Waals surface area contributed by atoms with Gasteiger partial charge in [-0.2, -0.15) is 0 Å². The van der Waals surface area contributed by atoms with E-state index in [1.54, 1.807) is 60.7 Å². The van der Waals surface area contributed by atoms with Crippen molar-refractivity contribution in [3.05, 3.63) is 46.8 Å². The molecular formula is C28H39N3O7. The molecule has 2 heterocycles. The second-order valence-electron chi connectivity index (χ2n) is 11.1. The zero-order valence-corrected chi connectivity index (χ0v) is 23.5. The standard InChI is InChI=1S/C28H39N3O7/c1-9-35-24(32)23-22(17(2)15-29-23)30-16-18-11-10-12-20-21(18)19(13-14-36-20)31(25(33)37-27(3,4)5)26(34)38-28(6,7)8/h10-12,15,19,29-30H,9,13-14,16H2,1-8H3. The number of imide groups is 1. The van der Waals surface area contributed by atoms with E-state index in [1.165, 1.54) is 0 Å². The van der Waals surface area contributed by atoms with Crippen LogP contribution < -0.4 is 10.1 Å². The summed E-state index contributed by atoms with van der Waals surface area (Å²) in [5.74, 6) is 0.106. The molecule has 0 saturated heterocycles. The van der Waals surface area contributed by atoms with Crippen molar-refractivity contribution in [2.75, 3.05) is 18.5 Å². The number of aromatic amines is 1. The molecule has 1 aromatic carbocycles. The summed E-state index contributed by atoms with van der Waals surface area (Å²) in [6.07, 6.45) is 0.505. The molecule has 0 radical (unpaired) electrons. The van der Waals surface area contributed by atoms with Crippen LogP contribution in [-0.4, -0.2) is 52.5 Å². The number of hydrogen-bond donors (Lipinski definition) is 2. The predicted molar refractivity (Wildman–Crippen MR) is 142 cm³/mol. The van der Waals surface area contributed by atoms with Crippen molar-refractivity contribution in [2.45, 2.75) is 85.6 Å². The number of anilines is 1. The van der Waals surface area contributed by atoms with Gasteiger partial charge in [0.05, 0.1) is 24.9 Å². The van der Waals surface area contributed by atoms with Gasteiger partial charge in [-0.1, -0.05) is 12.1 Å². The van der Waals surface area contributed by atoms with Crippen LogP contribution in [0.4, 0.5) is 15.3 Å². The molecule has 1 aliphatic heterocycles. The van der Waals surface area contributed by atoms with Gasteiger partial charge in [-0.25, -0.2) is 19.3 Å².